The van der Waals surface area contributed by atoms with Gasteiger partial charge in [0.25, 0.3) is 0 Å². The molecule has 0 saturated carbocycles. The van der Waals surface area contributed by atoms with Gasteiger partial charge in [-0.25, -0.2) is 0 Å². The minimum atomic E-state index is -0.355. The molecule has 27 heavy (non-hydrogen) atoms. The Morgan fingerprint density at radius 1 is 0.926 bits per heavy atom. The molecular weight excluding hydrogens is 364 g/mol. The fourth-order valence-corrected chi connectivity index (χ4v) is 3.51. The van der Waals surface area contributed by atoms with Crippen molar-refractivity contribution in [1.29, 1.82) is 0 Å². The number of allylic oxidation sites excluding steroid dienone is 1. The second-order valence-electron chi connectivity index (χ2n) is 5.66. The Morgan fingerprint density at radius 2 is 1.63 bits per heavy atom. The summed E-state index contributed by atoms with van der Waals surface area (Å²) < 4.78 is 16.1. The van der Waals surface area contributed by atoms with Crippen LogP contribution in [-0.4, -0.2) is 27.1 Å². The number of carbonyl (C=O) groups excluding carboxylic acids is 1. The van der Waals surface area contributed by atoms with Crippen molar-refractivity contribution in [2.45, 2.75) is 0 Å². The van der Waals surface area contributed by atoms with E-state index in [-0.39, 0.29) is 16.1 Å². The Kier molecular flexibility index (Phi) is 5.57. The van der Waals surface area contributed by atoms with Crippen molar-refractivity contribution < 1.29 is 19.0 Å². The maximum atomic E-state index is 12.6. The van der Waals surface area contributed by atoms with Gasteiger partial charge in [-0.15, -0.1) is 0 Å². The summed E-state index contributed by atoms with van der Waals surface area (Å²) in [5, 5.41) is 0.698. The van der Waals surface area contributed by atoms with Gasteiger partial charge in [0.15, 0.2) is 5.78 Å². The standard InChI is InChI=1S/C21H18O5S/c1-24-14-7-4-13(5-8-14)6-9-18(22)16-12-17-19(26-3)10-15(25-2)11-20(17)27-21(16)23/h4-12H,1-3H3/b9-6+. The van der Waals surface area contributed by atoms with Gasteiger partial charge in [-0.3, -0.25) is 9.59 Å². The molecule has 0 bridgehead atoms. The van der Waals surface area contributed by atoms with Crippen LogP contribution in [0.25, 0.3) is 16.2 Å². The fourth-order valence-electron chi connectivity index (χ4n) is 2.60. The zero-order valence-electron chi connectivity index (χ0n) is 15.1. The van der Waals surface area contributed by atoms with E-state index in [0.29, 0.717) is 21.6 Å². The fraction of sp³-hybridized carbons (Fsp3) is 0.143. The first-order valence-corrected chi connectivity index (χ1v) is 8.93. The molecule has 0 atom stereocenters. The van der Waals surface area contributed by atoms with Gasteiger partial charge in [0.05, 0.1) is 26.9 Å². The molecule has 0 unspecified atom stereocenters. The molecule has 3 rings (SSSR count). The normalized spacial score (nSPS) is 10.9. The molecule has 138 valence electrons. The summed E-state index contributed by atoms with van der Waals surface area (Å²) in [4.78, 5) is 25.0. The number of hydrogen-bond acceptors (Lipinski definition) is 6. The lowest BCUT2D eigenvalue weighted by Gasteiger charge is -2.08. The highest BCUT2D eigenvalue weighted by Crippen LogP contribution is 2.32. The predicted molar refractivity (Wildman–Crippen MR) is 108 cm³/mol. The van der Waals surface area contributed by atoms with Crippen LogP contribution < -0.4 is 19.0 Å². The molecule has 0 amide bonds. The number of benzene rings is 2. The zero-order chi connectivity index (χ0) is 19.4. The van der Waals surface area contributed by atoms with Gasteiger partial charge in [0, 0.05) is 16.2 Å². The smallest absolute Gasteiger partial charge is 0.244 e. The monoisotopic (exact) mass is 382 g/mol. The highest BCUT2D eigenvalue weighted by atomic mass is 32.1. The molecule has 0 spiro atoms. The molecule has 0 aliphatic carbocycles. The van der Waals surface area contributed by atoms with Gasteiger partial charge in [-0.05, 0) is 35.9 Å². The Balaban J connectivity index is 1.97. The number of ketones is 1. The molecule has 1 aromatic heterocycles. The second kappa shape index (κ2) is 8.05. The molecule has 0 fully saturated rings. The molecule has 0 radical (unpaired) electrons. The van der Waals surface area contributed by atoms with E-state index < -0.39 is 0 Å². The molecule has 0 aliphatic rings. The molecular formula is C21H18O5S. The summed E-state index contributed by atoms with van der Waals surface area (Å²) in [5.74, 6) is 1.52. The van der Waals surface area contributed by atoms with Gasteiger partial charge >= 0.3 is 0 Å². The van der Waals surface area contributed by atoms with Crippen molar-refractivity contribution >= 4 is 33.3 Å². The summed E-state index contributed by atoms with van der Waals surface area (Å²) in [5.41, 5.74) is 0.948. The van der Waals surface area contributed by atoms with Gasteiger partial charge in [-0.1, -0.05) is 29.5 Å². The van der Waals surface area contributed by atoms with Crippen LogP contribution in [0.2, 0.25) is 0 Å². The molecule has 3 aromatic rings. The average Bonchev–Trinajstić information content (AvgIpc) is 2.70. The van der Waals surface area contributed by atoms with Crippen LogP contribution in [0.5, 0.6) is 17.2 Å². The summed E-state index contributed by atoms with van der Waals surface area (Å²) in [6.07, 6.45) is 3.06. The summed E-state index contributed by atoms with van der Waals surface area (Å²) in [6, 6.07) is 12.3. The van der Waals surface area contributed by atoms with Gasteiger partial charge < -0.3 is 14.2 Å². The number of ether oxygens (including phenoxy) is 3. The van der Waals surface area contributed by atoms with Crippen LogP contribution in [0.15, 0.2) is 53.3 Å². The van der Waals surface area contributed by atoms with E-state index in [4.69, 9.17) is 14.2 Å². The molecule has 6 heteroatoms. The Hall–Kier alpha value is -3.12. The first-order valence-electron chi connectivity index (χ1n) is 8.12. The number of carbonyl (C=O) groups is 1. The summed E-state index contributed by atoms with van der Waals surface area (Å²) in [7, 11) is 4.68. The number of methoxy groups -OCH3 is 3. The average molecular weight is 382 g/mol. The SMILES string of the molecule is COc1ccc(/C=C/C(=O)c2cc3c(OC)cc(OC)cc3sc2=O)cc1. The van der Waals surface area contributed by atoms with E-state index in [1.165, 1.54) is 13.2 Å². The molecule has 5 nitrogen and oxygen atoms in total. The molecule has 0 N–H and O–H groups in total. The van der Waals surface area contributed by atoms with Gasteiger partial charge in [0.2, 0.25) is 4.74 Å². The van der Waals surface area contributed by atoms with E-state index in [2.05, 4.69) is 0 Å². The third-order valence-corrected chi connectivity index (χ3v) is 5.02. The van der Waals surface area contributed by atoms with Crippen LogP contribution in [-0.2, 0) is 0 Å². The number of hydrogen-bond donors (Lipinski definition) is 0. The first kappa shape index (κ1) is 18.7. The van der Waals surface area contributed by atoms with Crippen molar-refractivity contribution in [3.63, 3.8) is 0 Å². The first-order chi connectivity index (χ1) is 13.0. The van der Waals surface area contributed by atoms with Crippen LogP contribution in [0.4, 0.5) is 0 Å². The minimum absolute atomic E-state index is 0.112. The third kappa shape index (κ3) is 4.01. The third-order valence-electron chi connectivity index (χ3n) is 4.05. The lowest BCUT2D eigenvalue weighted by molar-refractivity contribution is 0.104. The lowest BCUT2D eigenvalue weighted by atomic mass is 10.1. The molecule has 0 saturated heterocycles. The maximum Gasteiger partial charge on any atom is 0.244 e. The van der Waals surface area contributed by atoms with Crippen LogP contribution >= 0.6 is 11.3 Å². The molecule has 2 aromatic carbocycles. The van der Waals surface area contributed by atoms with Gasteiger partial charge in [0.1, 0.15) is 17.2 Å². The van der Waals surface area contributed by atoms with Crippen LogP contribution in [0.3, 0.4) is 0 Å². The lowest BCUT2D eigenvalue weighted by Crippen LogP contribution is -2.09. The van der Waals surface area contributed by atoms with E-state index in [9.17, 15) is 9.59 Å². The van der Waals surface area contributed by atoms with Crippen LogP contribution in [0.1, 0.15) is 15.9 Å². The Bertz CT molecular complexity index is 1060. The van der Waals surface area contributed by atoms with E-state index in [1.54, 1.807) is 50.6 Å². The Labute approximate surface area is 160 Å². The van der Waals surface area contributed by atoms with Crippen molar-refractivity contribution in [1.82, 2.24) is 0 Å². The van der Waals surface area contributed by atoms with E-state index in [0.717, 1.165) is 22.6 Å². The largest absolute Gasteiger partial charge is 0.497 e. The number of rotatable bonds is 6. The molecule has 0 aliphatic heterocycles. The minimum Gasteiger partial charge on any atom is -0.497 e. The zero-order valence-corrected chi connectivity index (χ0v) is 16.0. The van der Waals surface area contributed by atoms with Gasteiger partial charge in [-0.2, -0.15) is 0 Å². The van der Waals surface area contributed by atoms with Crippen molar-refractivity contribution in [2.24, 2.45) is 0 Å². The van der Waals surface area contributed by atoms with Crippen molar-refractivity contribution in [3.05, 3.63) is 69.2 Å². The topological polar surface area (TPSA) is 61.8 Å². The highest BCUT2D eigenvalue weighted by Gasteiger charge is 2.14. The Morgan fingerprint density at radius 3 is 2.26 bits per heavy atom. The predicted octanol–water partition coefficient (Wildman–Crippen LogP) is 4.18. The van der Waals surface area contributed by atoms with Crippen molar-refractivity contribution in [2.75, 3.05) is 21.3 Å². The second-order valence-corrected chi connectivity index (χ2v) is 6.67. The quantitative estimate of drug-likeness (QED) is 0.473. The number of fused-ring (bicyclic) bond motifs is 1. The molecule has 1 heterocycles. The maximum absolute atomic E-state index is 12.6. The summed E-state index contributed by atoms with van der Waals surface area (Å²) >= 11 is 0.996. The van der Waals surface area contributed by atoms with E-state index in [1.807, 2.05) is 12.1 Å². The highest BCUT2D eigenvalue weighted by molar-refractivity contribution is 7.16. The van der Waals surface area contributed by atoms with Crippen LogP contribution in [0, 0.1) is 0 Å². The summed E-state index contributed by atoms with van der Waals surface area (Å²) in [6.45, 7) is 0. The van der Waals surface area contributed by atoms with Crippen molar-refractivity contribution in [3.8, 4) is 17.2 Å². The van der Waals surface area contributed by atoms with E-state index >= 15 is 0 Å².